The van der Waals surface area contributed by atoms with Crippen LogP contribution in [0.3, 0.4) is 0 Å². The summed E-state index contributed by atoms with van der Waals surface area (Å²) in [6, 6.07) is 12.8. The van der Waals surface area contributed by atoms with E-state index in [9.17, 15) is 0 Å². The van der Waals surface area contributed by atoms with Gasteiger partial charge in [-0.25, -0.2) is 0 Å². The SMILES string of the molecule is CCCCCc1ccccccc[pH]1. The highest BCUT2D eigenvalue weighted by Gasteiger charge is 1.88. The smallest absolute Gasteiger partial charge is 0.0244 e. The van der Waals surface area contributed by atoms with Crippen molar-refractivity contribution in [3.8, 4) is 0 Å². The van der Waals surface area contributed by atoms with E-state index in [1.807, 2.05) is 0 Å². The lowest BCUT2D eigenvalue weighted by Gasteiger charge is -1.96. The van der Waals surface area contributed by atoms with E-state index < -0.39 is 0 Å². The average molecular weight is 206 g/mol. The van der Waals surface area contributed by atoms with Gasteiger partial charge in [0, 0.05) is 0 Å². The second-order valence-electron chi connectivity index (χ2n) is 3.42. The highest BCUT2D eigenvalue weighted by atomic mass is 31.0. The normalized spacial score (nSPS) is 10.1. The van der Waals surface area contributed by atoms with Crippen LogP contribution >= 0.6 is 8.19 Å². The second-order valence-corrected chi connectivity index (χ2v) is 4.69. The lowest BCUT2D eigenvalue weighted by molar-refractivity contribution is 0.722. The molecule has 1 heterocycles. The van der Waals surface area contributed by atoms with Crippen LogP contribution in [0.25, 0.3) is 0 Å². The van der Waals surface area contributed by atoms with Gasteiger partial charge in [0.1, 0.15) is 0 Å². The van der Waals surface area contributed by atoms with Gasteiger partial charge in [0.15, 0.2) is 0 Å². The number of hydrogen-bond donors (Lipinski definition) is 0. The van der Waals surface area contributed by atoms with E-state index in [2.05, 4.69) is 49.1 Å². The molecule has 1 rings (SSSR count). The average Bonchev–Trinajstić information content (AvgIpc) is 2.32. The van der Waals surface area contributed by atoms with Gasteiger partial charge in [-0.15, -0.1) is 8.19 Å². The third-order valence-electron chi connectivity index (χ3n) is 2.16. The van der Waals surface area contributed by atoms with Crippen molar-refractivity contribution in [2.24, 2.45) is 0 Å². The number of hydrogen-bond acceptors (Lipinski definition) is 0. The number of rotatable bonds is 4. The monoisotopic (exact) mass is 206 g/mol. The van der Waals surface area contributed by atoms with Crippen molar-refractivity contribution in [3.05, 3.63) is 47.5 Å². The van der Waals surface area contributed by atoms with Gasteiger partial charge in [-0.1, -0.05) is 56.2 Å². The fourth-order valence-corrected chi connectivity index (χ4v) is 2.28. The minimum atomic E-state index is 0.866. The topological polar surface area (TPSA) is 0 Å². The molecule has 0 aliphatic carbocycles. The van der Waals surface area contributed by atoms with Crippen LogP contribution in [0.4, 0.5) is 0 Å². The number of unbranched alkanes of at least 4 members (excludes halogenated alkanes) is 2. The van der Waals surface area contributed by atoms with Gasteiger partial charge in [0.25, 0.3) is 0 Å². The van der Waals surface area contributed by atoms with E-state index >= 15 is 0 Å². The summed E-state index contributed by atoms with van der Waals surface area (Å²) < 4.78 is 0. The molecular weight excluding hydrogens is 187 g/mol. The van der Waals surface area contributed by atoms with E-state index in [-0.39, 0.29) is 0 Å². The van der Waals surface area contributed by atoms with Crippen molar-refractivity contribution in [1.29, 1.82) is 0 Å². The molecule has 0 N–H and O–H groups in total. The minimum Gasteiger partial charge on any atom is -0.137 e. The zero-order valence-electron chi connectivity index (χ0n) is 8.87. The fraction of sp³-hybridized carbons (Fsp3) is 0.385. The van der Waals surface area contributed by atoms with Crippen LogP contribution in [-0.4, -0.2) is 0 Å². The Labute approximate surface area is 88.8 Å². The Hall–Kier alpha value is -0.740. The zero-order chi connectivity index (χ0) is 10.1. The summed E-state index contributed by atoms with van der Waals surface area (Å²) in [7, 11) is 0.866. The molecule has 0 amide bonds. The Kier molecular flexibility index (Phi) is 6.19. The lowest BCUT2D eigenvalue weighted by atomic mass is 10.2. The maximum atomic E-state index is 2.27. The summed E-state index contributed by atoms with van der Waals surface area (Å²) in [6.45, 7) is 2.25. The van der Waals surface area contributed by atoms with Gasteiger partial charge in [0.2, 0.25) is 0 Å². The molecule has 0 saturated heterocycles. The molecular formula is C13H19P. The predicted octanol–water partition coefficient (Wildman–Crippen LogP) is 4.58. The molecule has 1 aromatic rings. The first-order valence-electron chi connectivity index (χ1n) is 5.39. The maximum absolute atomic E-state index is 2.27. The van der Waals surface area contributed by atoms with E-state index in [4.69, 9.17) is 0 Å². The summed E-state index contributed by atoms with van der Waals surface area (Å²) in [4.78, 5) is 0. The van der Waals surface area contributed by atoms with Crippen molar-refractivity contribution in [2.45, 2.75) is 32.6 Å². The second kappa shape index (κ2) is 7.64. The molecule has 0 aromatic carbocycles. The van der Waals surface area contributed by atoms with Crippen molar-refractivity contribution in [1.82, 2.24) is 0 Å². The molecule has 0 saturated carbocycles. The van der Waals surface area contributed by atoms with Crippen molar-refractivity contribution >= 4 is 8.19 Å². The fourth-order valence-electron chi connectivity index (χ4n) is 1.34. The molecule has 1 heteroatoms. The molecule has 0 spiro atoms. The Bertz CT molecular complexity index is 263. The molecule has 1 atom stereocenters. The molecule has 0 aliphatic heterocycles. The quantitative estimate of drug-likeness (QED) is 0.633. The van der Waals surface area contributed by atoms with Crippen LogP contribution < -0.4 is 0 Å². The van der Waals surface area contributed by atoms with Crippen LogP contribution in [0.5, 0.6) is 0 Å². The van der Waals surface area contributed by atoms with Crippen molar-refractivity contribution < 1.29 is 0 Å². The van der Waals surface area contributed by atoms with Gasteiger partial charge >= 0.3 is 0 Å². The van der Waals surface area contributed by atoms with Crippen LogP contribution in [-0.2, 0) is 6.42 Å². The molecule has 0 nitrogen and oxygen atoms in total. The minimum absolute atomic E-state index is 0.866. The Balaban J connectivity index is 2.63. The highest BCUT2D eigenvalue weighted by molar-refractivity contribution is 7.29. The summed E-state index contributed by atoms with van der Waals surface area (Å²) in [5, 5.41) is 1.58. The van der Waals surface area contributed by atoms with E-state index in [0.29, 0.717) is 0 Å². The third kappa shape index (κ3) is 5.09. The Morgan fingerprint density at radius 1 is 1.00 bits per heavy atom. The third-order valence-corrected chi connectivity index (χ3v) is 3.30. The maximum Gasteiger partial charge on any atom is -0.0244 e. The van der Waals surface area contributed by atoms with Crippen LogP contribution in [0.2, 0.25) is 0 Å². The van der Waals surface area contributed by atoms with E-state index in [1.54, 1.807) is 5.30 Å². The summed E-state index contributed by atoms with van der Waals surface area (Å²) in [5.74, 6) is 2.27. The molecule has 1 unspecified atom stereocenters. The van der Waals surface area contributed by atoms with Gasteiger partial charge in [0.05, 0.1) is 0 Å². The van der Waals surface area contributed by atoms with Crippen LogP contribution in [0.15, 0.2) is 42.2 Å². The molecule has 76 valence electrons. The molecule has 0 radical (unpaired) electrons. The molecule has 1 aromatic heterocycles. The Morgan fingerprint density at radius 2 is 1.79 bits per heavy atom. The largest absolute Gasteiger partial charge is 0.137 e. The first-order chi connectivity index (χ1) is 6.93. The predicted molar refractivity (Wildman–Crippen MR) is 66.8 cm³/mol. The Morgan fingerprint density at radius 3 is 2.64 bits per heavy atom. The summed E-state index contributed by atoms with van der Waals surface area (Å²) in [6.07, 6.45) is 5.27. The zero-order valence-corrected chi connectivity index (χ0v) is 9.87. The van der Waals surface area contributed by atoms with Crippen LogP contribution in [0, 0.1) is 0 Å². The molecule has 0 aliphatic rings. The number of aryl methyl sites for hydroxylation is 1. The van der Waals surface area contributed by atoms with Crippen molar-refractivity contribution in [3.63, 3.8) is 0 Å². The van der Waals surface area contributed by atoms with Gasteiger partial charge in [-0.05, 0) is 23.9 Å². The summed E-state index contributed by atoms with van der Waals surface area (Å²) in [5.41, 5.74) is 0. The first kappa shape index (κ1) is 11.3. The van der Waals surface area contributed by atoms with Crippen molar-refractivity contribution in [2.75, 3.05) is 0 Å². The highest BCUT2D eigenvalue weighted by Crippen LogP contribution is 2.13. The molecule has 0 fully saturated rings. The molecule has 0 bridgehead atoms. The summed E-state index contributed by atoms with van der Waals surface area (Å²) >= 11 is 0. The standard InChI is InChI=1S/C13H19P/c1-2-3-7-10-13-11-8-5-4-6-9-12-14-13/h4-6,8-9,11-12,14H,2-3,7,10H2,1H3. The first-order valence-corrected chi connectivity index (χ1v) is 6.47. The van der Waals surface area contributed by atoms with Gasteiger partial charge in [-0.3, -0.25) is 0 Å². The van der Waals surface area contributed by atoms with Gasteiger partial charge in [-0.2, -0.15) is 0 Å². The van der Waals surface area contributed by atoms with E-state index in [0.717, 1.165) is 8.19 Å². The molecule has 14 heavy (non-hydrogen) atoms. The lowest BCUT2D eigenvalue weighted by Crippen LogP contribution is -1.79. The van der Waals surface area contributed by atoms with Gasteiger partial charge < -0.3 is 0 Å². The van der Waals surface area contributed by atoms with E-state index in [1.165, 1.54) is 25.7 Å². The van der Waals surface area contributed by atoms with Crippen LogP contribution in [0.1, 0.15) is 31.5 Å².